The molecule has 1 rings (SSSR count). The highest BCUT2D eigenvalue weighted by Crippen LogP contribution is 2.33. The molecule has 1 unspecified atom stereocenters. The lowest BCUT2D eigenvalue weighted by molar-refractivity contribution is -0.149. The smallest absolute Gasteiger partial charge is 0.325 e. The van der Waals surface area contributed by atoms with Crippen molar-refractivity contribution in [1.29, 1.82) is 0 Å². The second-order valence-corrected chi connectivity index (χ2v) is 3.42. The molecule has 13 heavy (non-hydrogen) atoms. The van der Waals surface area contributed by atoms with Gasteiger partial charge < -0.3 is 9.69 Å². The molecule has 1 aliphatic heterocycles. The van der Waals surface area contributed by atoms with E-state index < -0.39 is 24.3 Å². The van der Waals surface area contributed by atoms with Crippen LogP contribution in [-0.2, 0) is 9.59 Å². The van der Waals surface area contributed by atoms with Crippen molar-refractivity contribution in [3.8, 4) is 0 Å². The number of carbonyl (C=O) groups is 2. The highest BCUT2D eigenvalue weighted by molar-refractivity contribution is 5.90. The summed E-state index contributed by atoms with van der Waals surface area (Å²) in [5.41, 5.74) is 0. The van der Waals surface area contributed by atoms with Crippen LogP contribution in [0.15, 0.2) is 0 Å². The first-order chi connectivity index (χ1) is 5.90. The zero-order chi connectivity index (χ0) is 10.2. The molecular weight excluding hydrogens is 180 g/mol. The van der Waals surface area contributed by atoms with Gasteiger partial charge in [-0.2, -0.15) is 8.78 Å². The van der Waals surface area contributed by atoms with Crippen LogP contribution in [0, 0.1) is 0 Å². The molecule has 0 spiro atoms. The minimum Gasteiger partial charge on any atom is -0.325 e. The Morgan fingerprint density at radius 1 is 1.62 bits per heavy atom. The van der Waals surface area contributed by atoms with Crippen LogP contribution in [0.5, 0.6) is 0 Å². The third-order valence-electron chi connectivity index (χ3n) is 2.08. The summed E-state index contributed by atoms with van der Waals surface area (Å²) in [5.74, 6) is -4.60. The van der Waals surface area contributed by atoms with Crippen LogP contribution in [0.3, 0.4) is 0 Å². The van der Waals surface area contributed by atoms with Crippen LogP contribution in [0.2, 0.25) is 0 Å². The van der Waals surface area contributed by atoms with Gasteiger partial charge in [0.05, 0.1) is 6.04 Å². The number of carbonyl (C=O) groups excluding carboxylic acids is 2. The molecule has 0 saturated carbocycles. The minimum absolute atomic E-state index is 0.365. The molecule has 1 amide bonds. The lowest BCUT2D eigenvalue weighted by atomic mass is 10.2. The monoisotopic (exact) mass is 191 g/mol. The Bertz CT molecular complexity index is 240. The fourth-order valence-electron chi connectivity index (χ4n) is 1.52. The Morgan fingerprint density at radius 3 is 2.46 bits per heavy atom. The maximum Gasteiger partial charge on any atom is 0.327 e. The van der Waals surface area contributed by atoms with E-state index in [0.717, 1.165) is 4.90 Å². The van der Waals surface area contributed by atoms with Crippen molar-refractivity contribution in [3.63, 3.8) is 0 Å². The van der Waals surface area contributed by atoms with Crippen molar-refractivity contribution in [1.82, 2.24) is 4.90 Å². The van der Waals surface area contributed by atoms with E-state index in [0.29, 0.717) is 6.29 Å². The molecule has 0 N–H and O–H groups in total. The fourth-order valence-corrected chi connectivity index (χ4v) is 1.52. The molecule has 1 fully saturated rings. The van der Waals surface area contributed by atoms with Gasteiger partial charge in [-0.05, 0) is 13.8 Å². The highest BCUT2D eigenvalue weighted by atomic mass is 19.3. The van der Waals surface area contributed by atoms with Gasteiger partial charge in [0.2, 0.25) is 0 Å². The van der Waals surface area contributed by atoms with Crippen molar-refractivity contribution in [2.45, 2.75) is 38.3 Å². The van der Waals surface area contributed by atoms with Gasteiger partial charge in [0.15, 0.2) is 0 Å². The molecule has 1 aliphatic rings. The largest absolute Gasteiger partial charge is 0.327 e. The summed E-state index contributed by atoms with van der Waals surface area (Å²) < 4.78 is 25.7. The zero-order valence-corrected chi connectivity index (χ0v) is 7.46. The van der Waals surface area contributed by atoms with Crippen molar-refractivity contribution in [2.75, 3.05) is 0 Å². The second-order valence-electron chi connectivity index (χ2n) is 3.42. The molecule has 74 valence electrons. The summed E-state index contributed by atoms with van der Waals surface area (Å²) in [6.07, 6.45) is -0.285. The number of amides is 1. The lowest BCUT2D eigenvalue weighted by Crippen LogP contribution is -2.41. The third kappa shape index (κ3) is 1.55. The standard InChI is InChI=1S/C8H11F2NO2/c1-5(2)11-6(4-12)3-8(9,10)7(11)13/h4-6H,3H2,1-2H3. The first-order valence-electron chi connectivity index (χ1n) is 4.06. The Labute approximate surface area is 74.7 Å². The predicted molar refractivity (Wildman–Crippen MR) is 41.4 cm³/mol. The quantitative estimate of drug-likeness (QED) is 0.606. The number of alkyl halides is 2. The van der Waals surface area contributed by atoms with Crippen LogP contribution in [0.25, 0.3) is 0 Å². The summed E-state index contributed by atoms with van der Waals surface area (Å²) in [4.78, 5) is 22.4. The van der Waals surface area contributed by atoms with Gasteiger partial charge in [0.1, 0.15) is 6.29 Å². The maximum atomic E-state index is 12.8. The molecule has 1 heterocycles. The molecular formula is C8H11F2NO2. The van der Waals surface area contributed by atoms with E-state index in [2.05, 4.69) is 0 Å². The number of hydrogen-bond acceptors (Lipinski definition) is 2. The Kier molecular flexibility index (Phi) is 2.36. The number of aldehydes is 1. The molecule has 0 bridgehead atoms. The number of likely N-dealkylation sites (tertiary alicyclic amines) is 1. The summed E-state index contributed by atoms with van der Waals surface area (Å²) in [5, 5.41) is 0. The second kappa shape index (κ2) is 3.05. The summed E-state index contributed by atoms with van der Waals surface area (Å²) in [6.45, 7) is 3.21. The minimum atomic E-state index is -3.37. The number of hydrogen-bond donors (Lipinski definition) is 0. The van der Waals surface area contributed by atoms with Gasteiger partial charge in [-0.3, -0.25) is 4.79 Å². The molecule has 0 aromatic carbocycles. The summed E-state index contributed by atoms with van der Waals surface area (Å²) in [6, 6.07) is -1.33. The van der Waals surface area contributed by atoms with Crippen LogP contribution >= 0.6 is 0 Å². The number of nitrogens with zero attached hydrogens (tertiary/aromatic N) is 1. The summed E-state index contributed by atoms with van der Waals surface area (Å²) in [7, 11) is 0. The first kappa shape index (κ1) is 10.1. The van der Waals surface area contributed by atoms with Crippen LogP contribution in [0.4, 0.5) is 8.78 Å². The van der Waals surface area contributed by atoms with Crippen LogP contribution in [-0.4, -0.2) is 35.1 Å². The molecule has 5 heteroatoms. The van der Waals surface area contributed by atoms with Gasteiger partial charge in [0, 0.05) is 12.5 Å². The van der Waals surface area contributed by atoms with Gasteiger partial charge >= 0.3 is 5.92 Å². The molecule has 3 nitrogen and oxygen atoms in total. The molecule has 1 atom stereocenters. The van der Waals surface area contributed by atoms with Crippen molar-refractivity contribution in [2.24, 2.45) is 0 Å². The van der Waals surface area contributed by atoms with E-state index >= 15 is 0 Å². The van der Waals surface area contributed by atoms with Crippen molar-refractivity contribution >= 4 is 12.2 Å². The van der Waals surface area contributed by atoms with E-state index in [-0.39, 0.29) is 6.04 Å². The predicted octanol–water partition coefficient (Wildman–Crippen LogP) is 0.830. The number of rotatable bonds is 2. The average molecular weight is 191 g/mol. The fraction of sp³-hybridized carbons (Fsp3) is 0.750. The number of halogens is 2. The van der Waals surface area contributed by atoms with Crippen LogP contribution < -0.4 is 0 Å². The molecule has 0 aliphatic carbocycles. The lowest BCUT2D eigenvalue weighted by Gasteiger charge is -2.24. The molecule has 0 aromatic heterocycles. The molecule has 0 radical (unpaired) electrons. The zero-order valence-electron chi connectivity index (χ0n) is 7.46. The topological polar surface area (TPSA) is 37.4 Å². The van der Waals surface area contributed by atoms with Crippen LogP contribution in [0.1, 0.15) is 20.3 Å². The van der Waals surface area contributed by atoms with Crippen molar-refractivity contribution in [3.05, 3.63) is 0 Å². The first-order valence-corrected chi connectivity index (χ1v) is 4.06. The van der Waals surface area contributed by atoms with Gasteiger partial charge in [-0.1, -0.05) is 0 Å². The maximum absolute atomic E-state index is 12.8. The van der Waals surface area contributed by atoms with Gasteiger partial charge in [-0.15, -0.1) is 0 Å². The highest BCUT2D eigenvalue weighted by Gasteiger charge is 2.53. The Balaban J connectivity index is 2.93. The van der Waals surface area contributed by atoms with E-state index in [1.54, 1.807) is 13.8 Å². The van der Waals surface area contributed by atoms with E-state index in [4.69, 9.17) is 0 Å². The van der Waals surface area contributed by atoms with Gasteiger partial charge in [-0.25, -0.2) is 0 Å². The SMILES string of the molecule is CC(C)N1C(=O)C(F)(F)CC1C=O. The van der Waals surface area contributed by atoms with E-state index in [9.17, 15) is 18.4 Å². The van der Waals surface area contributed by atoms with Crippen molar-refractivity contribution < 1.29 is 18.4 Å². The third-order valence-corrected chi connectivity index (χ3v) is 2.08. The van der Waals surface area contributed by atoms with E-state index in [1.165, 1.54) is 0 Å². The molecule has 0 aromatic rings. The Morgan fingerprint density at radius 2 is 2.15 bits per heavy atom. The average Bonchev–Trinajstić information content (AvgIpc) is 2.23. The summed E-state index contributed by atoms with van der Waals surface area (Å²) >= 11 is 0. The Hall–Kier alpha value is -1.00. The van der Waals surface area contributed by atoms with E-state index in [1.807, 2.05) is 0 Å². The normalized spacial score (nSPS) is 27.0. The molecule has 1 saturated heterocycles. The van der Waals surface area contributed by atoms with Gasteiger partial charge in [0.25, 0.3) is 5.91 Å².